The minimum absolute atomic E-state index is 0.0661. The van der Waals surface area contributed by atoms with E-state index in [-0.39, 0.29) is 18.7 Å². The Labute approximate surface area is 138 Å². The largest absolute Gasteiger partial charge is 0.417 e. The summed E-state index contributed by atoms with van der Waals surface area (Å²) in [6.45, 7) is -0.0661. The van der Waals surface area contributed by atoms with Gasteiger partial charge in [-0.25, -0.2) is 0 Å². The van der Waals surface area contributed by atoms with Crippen molar-refractivity contribution in [2.45, 2.75) is 18.8 Å². The molecule has 9 heteroatoms. The number of carbonyl (C=O) groups excluding carboxylic acids is 1. The highest BCUT2D eigenvalue weighted by molar-refractivity contribution is 5.95. The molecule has 0 bridgehead atoms. The summed E-state index contributed by atoms with van der Waals surface area (Å²) < 4.78 is 75.8. The van der Waals surface area contributed by atoms with Crippen LogP contribution in [-0.4, -0.2) is 17.4 Å². The van der Waals surface area contributed by atoms with Gasteiger partial charge in [0.1, 0.15) is 0 Å². The zero-order valence-corrected chi connectivity index (χ0v) is 12.6. The van der Waals surface area contributed by atoms with Crippen molar-refractivity contribution in [1.82, 2.24) is 10.3 Å². The lowest BCUT2D eigenvalue weighted by Gasteiger charge is -2.12. The van der Waals surface area contributed by atoms with Gasteiger partial charge in [0.05, 0.1) is 16.7 Å². The molecule has 1 N–H and O–H groups in total. The van der Waals surface area contributed by atoms with E-state index in [9.17, 15) is 31.1 Å². The highest BCUT2D eigenvalue weighted by atomic mass is 19.4. The molecule has 0 aliphatic heterocycles. The molecule has 0 aliphatic carbocycles. The van der Waals surface area contributed by atoms with Gasteiger partial charge in [0.25, 0.3) is 5.91 Å². The van der Waals surface area contributed by atoms with Crippen molar-refractivity contribution in [2.75, 3.05) is 6.54 Å². The zero-order valence-electron chi connectivity index (χ0n) is 12.6. The highest BCUT2D eigenvalue weighted by Gasteiger charge is 2.34. The molecule has 0 radical (unpaired) electrons. The summed E-state index contributed by atoms with van der Waals surface area (Å²) in [6, 6.07) is 6.33. The van der Waals surface area contributed by atoms with Gasteiger partial charge in [-0.3, -0.25) is 9.78 Å². The van der Waals surface area contributed by atoms with Gasteiger partial charge in [-0.05, 0) is 24.3 Å². The first-order chi connectivity index (χ1) is 11.6. The normalized spacial score (nSPS) is 12.1. The predicted molar refractivity (Wildman–Crippen MR) is 76.7 cm³/mol. The van der Waals surface area contributed by atoms with Crippen molar-refractivity contribution < 1.29 is 31.1 Å². The van der Waals surface area contributed by atoms with Gasteiger partial charge >= 0.3 is 12.4 Å². The van der Waals surface area contributed by atoms with E-state index in [0.29, 0.717) is 6.20 Å². The number of pyridine rings is 1. The molecule has 1 aromatic heterocycles. The first-order valence-electron chi connectivity index (χ1n) is 7.05. The molecule has 0 spiro atoms. The Balaban J connectivity index is 1.98. The average Bonchev–Trinajstić information content (AvgIpc) is 2.53. The number of rotatable bonds is 4. The lowest BCUT2D eigenvalue weighted by molar-refractivity contribution is -0.138. The van der Waals surface area contributed by atoms with Crippen LogP contribution in [-0.2, 0) is 18.8 Å². The molecule has 25 heavy (non-hydrogen) atoms. The van der Waals surface area contributed by atoms with E-state index in [1.165, 1.54) is 12.1 Å². The summed E-state index contributed by atoms with van der Waals surface area (Å²) in [5.74, 6) is -0.917. The Morgan fingerprint density at radius 3 is 2.20 bits per heavy atom. The van der Waals surface area contributed by atoms with Crippen LogP contribution in [0.4, 0.5) is 26.3 Å². The molecule has 0 atom stereocenters. The summed E-state index contributed by atoms with van der Waals surface area (Å²) in [5.41, 5.74) is -2.20. The number of aromatic nitrogens is 1. The number of amides is 1. The fourth-order valence-electron chi connectivity index (χ4n) is 2.07. The number of nitrogens with zero attached hydrogens (tertiary/aromatic N) is 1. The Bertz CT molecular complexity index is 738. The van der Waals surface area contributed by atoms with E-state index in [1.807, 2.05) is 0 Å². The Morgan fingerprint density at radius 2 is 1.64 bits per heavy atom. The van der Waals surface area contributed by atoms with Crippen molar-refractivity contribution in [1.29, 1.82) is 0 Å². The Morgan fingerprint density at radius 1 is 0.960 bits per heavy atom. The molecule has 0 aliphatic rings. The number of carbonyl (C=O) groups is 1. The summed E-state index contributed by atoms with van der Waals surface area (Å²) in [6.07, 6.45) is -8.42. The van der Waals surface area contributed by atoms with Gasteiger partial charge in [-0.2, -0.15) is 26.3 Å². The lowest BCUT2D eigenvalue weighted by Crippen LogP contribution is -2.28. The van der Waals surface area contributed by atoms with Crippen molar-refractivity contribution in [3.05, 3.63) is 65.0 Å². The van der Waals surface area contributed by atoms with Crippen LogP contribution >= 0.6 is 0 Å². The molecule has 0 fully saturated rings. The molecule has 134 valence electrons. The van der Waals surface area contributed by atoms with E-state index in [2.05, 4.69) is 10.3 Å². The summed E-state index contributed by atoms with van der Waals surface area (Å²) >= 11 is 0. The zero-order chi connectivity index (χ0) is 18.7. The van der Waals surface area contributed by atoms with Crippen LogP contribution < -0.4 is 5.32 Å². The van der Waals surface area contributed by atoms with E-state index in [4.69, 9.17) is 0 Å². The molecule has 0 saturated carbocycles. The second-order valence-electron chi connectivity index (χ2n) is 5.09. The Hall–Kier alpha value is -2.58. The van der Waals surface area contributed by atoms with Gasteiger partial charge in [-0.1, -0.05) is 12.1 Å². The standard InChI is InChI=1S/C16H12F6N2O/c17-15(18,19)10-5-6-11(24-9-10)7-8-23-14(25)12-3-1-2-4-13(12)16(20,21)22/h1-6,9H,7-8H2,(H,23,25). The quantitative estimate of drug-likeness (QED) is 0.833. The molecule has 0 unspecified atom stereocenters. The number of alkyl halides is 6. The van der Waals surface area contributed by atoms with Gasteiger partial charge in [-0.15, -0.1) is 0 Å². The first-order valence-corrected chi connectivity index (χ1v) is 7.05. The number of nitrogens with one attached hydrogen (secondary N) is 1. The molecule has 1 heterocycles. The number of hydrogen-bond donors (Lipinski definition) is 1. The molecule has 1 aromatic carbocycles. The lowest BCUT2D eigenvalue weighted by atomic mass is 10.1. The molecule has 3 nitrogen and oxygen atoms in total. The van der Waals surface area contributed by atoms with E-state index in [0.717, 1.165) is 24.3 Å². The van der Waals surface area contributed by atoms with Crippen molar-refractivity contribution >= 4 is 5.91 Å². The van der Waals surface area contributed by atoms with Crippen molar-refractivity contribution in [2.24, 2.45) is 0 Å². The number of benzene rings is 1. The molecule has 2 rings (SSSR count). The van der Waals surface area contributed by atoms with Crippen LogP contribution in [0.5, 0.6) is 0 Å². The SMILES string of the molecule is O=C(NCCc1ccc(C(F)(F)F)cn1)c1ccccc1C(F)(F)F. The van der Waals surface area contributed by atoms with E-state index >= 15 is 0 Å². The topological polar surface area (TPSA) is 42.0 Å². The van der Waals surface area contributed by atoms with Crippen molar-refractivity contribution in [3.8, 4) is 0 Å². The molecule has 1 amide bonds. The second kappa shape index (κ2) is 7.12. The minimum atomic E-state index is -4.66. The van der Waals surface area contributed by atoms with E-state index < -0.39 is 35.0 Å². The number of halogens is 6. The van der Waals surface area contributed by atoms with Gasteiger partial charge in [0.2, 0.25) is 0 Å². The fourth-order valence-corrected chi connectivity index (χ4v) is 2.07. The van der Waals surface area contributed by atoms with Crippen LogP contribution in [0, 0.1) is 0 Å². The van der Waals surface area contributed by atoms with Crippen LogP contribution in [0.15, 0.2) is 42.6 Å². The average molecular weight is 362 g/mol. The van der Waals surface area contributed by atoms with Gasteiger partial charge in [0.15, 0.2) is 0 Å². The number of hydrogen-bond acceptors (Lipinski definition) is 2. The summed E-state index contributed by atoms with van der Waals surface area (Å²) in [5, 5.41) is 2.30. The summed E-state index contributed by atoms with van der Waals surface area (Å²) in [7, 11) is 0. The van der Waals surface area contributed by atoms with Crippen molar-refractivity contribution in [3.63, 3.8) is 0 Å². The third kappa shape index (κ3) is 4.94. The van der Waals surface area contributed by atoms with Gasteiger partial charge in [0, 0.05) is 24.9 Å². The Kier molecular flexibility index (Phi) is 5.34. The predicted octanol–water partition coefficient (Wildman–Crippen LogP) is 4.09. The maximum absolute atomic E-state index is 12.8. The molecule has 2 aromatic rings. The van der Waals surface area contributed by atoms with Gasteiger partial charge < -0.3 is 5.32 Å². The van der Waals surface area contributed by atoms with Crippen LogP contribution in [0.2, 0.25) is 0 Å². The van der Waals surface area contributed by atoms with Crippen LogP contribution in [0.1, 0.15) is 27.2 Å². The van der Waals surface area contributed by atoms with Crippen LogP contribution in [0.25, 0.3) is 0 Å². The highest BCUT2D eigenvalue weighted by Crippen LogP contribution is 2.31. The first kappa shape index (κ1) is 18.8. The van der Waals surface area contributed by atoms with E-state index in [1.54, 1.807) is 0 Å². The molecular weight excluding hydrogens is 350 g/mol. The maximum atomic E-state index is 12.8. The molecule has 0 saturated heterocycles. The maximum Gasteiger partial charge on any atom is 0.417 e. The minimum Gasteiger partial charge on any atom is -0.352 e. The third-order valence-electron chi connectivity index (χ3n) is 3.30. The molecular formula is C16H12F6N2O. The fraction of sp³-hybridized carbons (Fsp3) is 0.250. The monoisotopic (exact) mass is 362 g/mol. The smallest absolute Gasteiger partial charge is 0.352 e. The van der Waals surface area contributed by atoms with Crippen LogP contribution in [0.3, 0.4) is 0 Å². The second-order valence-corrected chi connectivity index (χ2v) is 5.09. The third-order valence-corrected chi connectivity index (χ3v) is 3.30. The summed E-state index contributed by atoms with van der Waals surface area (Å²) in [4.78, 5) is 15.5.